The second kappa shape index (κ2) is 4.70. The summed E-state index contributed by atoms with van der Waals surface area (Å²) < 4.78 is 1.53. The van der Waals surface area contributed by atoms with Crippen molar-refractivity contribution in [3.63, 3.8) is 0 Å². The summed E-state index contributed by atoms with van der Waals surface area (Å²) in [5.41, 5.74) is 6.40. The summed E-state index contributed by atoms with van der Waals surface area (Å²) in [5.74, 6) is 0.420. The van der Waals surface area contributed by atoms with Crippen molar-refractivity contribution in [3.05, 3.63) is 34.2 Å². The molecule has 0 unspecified atom stereocenters. The Morgan fingerprint density at radius 1 is 1.63 bits per heavy atom. The first-order valence-electron chi connectivity index (χ1n) is 6.27. The van der Waals surface area contributed by atoms with Crippen LogP contribution >= 0.6 is 11.3 Å². The van der Waals surface area contributed by atoms with Crippen LogP contribution in [0.4, 0.5) is 5.82 Å². The van der Waals surface area contributed by atoms with Gasteiger partial charge in [0, 0.05) is 18.0 Å². The average molecular weight is 276 g/mol. The minimum Gasteiger partial charge on any atom is -0.383 e. The molecule has 1 fully saturated rings. The number of nitrogens with two attached hydrogens (primary N) is 1. The van der Waals surface area contributed by atoms with E-state index in [1.165, 1.54) is 9.56 Å². The van der Waals surface area contributed by atoms with Gasteiger partial charge in [0.1, 0.15) is 11.4 Å². The number of nitrogen functional groups attached to an aromatic ring is 1. The van der Waals surface area contributed by atoms with Crippen LogP contribution in [0.3, 0.4) is 0 Å². The molecule has 1 aliphatic rings. The van der Waals surface area contributed by atoms with Gasteiger partial charge in [-0.2, -0.15) is 5.10 Å². The van der Waals surface area contributed by atoms with Crippen molar-refractivity contribution >= 4 is 23.1 Å². The van der Waals surface area contributed by atoms with Crippen molar-refractivity contribution in [1.29, 1.82) is 0 Å². The largest absolute Gasteiger partial charge is 0.383 e. The molecule has 1 amide bonds. The molecule has 0 aromatic carbocycles. The van der Waals surface area contributed by atoms with E-state index >= 15 is 0 Å². The molecule has 6 heteroatoms. The van der Waals surface area contributed by atoms with Gasteiger partial charge < -0.3 is 10.6 Å². The number of rotatable bonds is 4. The Balaban J connectivity index is 1.84. The molecule has 19 heavy (non-hydrogen) atoms. The number of aromatic nitrogens is 2. The molecule has 0 saturated heterocycles. The fraction of sp³-hybridized carbons (Fsp3) is 0.385. The molecule has 0 spiro atoms. The Bertz CT molecular complexity index is 586. The van der Waals surface area contributed by atoms with Crippen LogP contribution in [0.15, 0.2) is 23.7 Å². The first-order valence-corrected chi connectivity index (χ1v) is 7.15. The normalized spacial score (nSPS) is 14.6. The number of thiophene rings is 1. The van der Waals surface area contributed by atoms with E-state index in [1.807, 2.05) is 16.3 Å². The minimum absolute atomic E-state index is 0.0125. The minimum atomic E-state index is -0.0125. The molecule has 2 heterocycles. The first-order chi connectivity index (χ1) is 9.16. The van der Waals surface area contributed by atoms with Crippen molar-refractivity contribution < 1.29 is 4.79 Å². The maximum Gasteiger partial charge on any atom is 0.259 e. The molecule has 2 aromatic heterocycles. The van der Waals surface area contributed by atoms with Crippen molar-refractivity contribution in [2.45, 2.75) is 25.4 Å². The van der Waals surface area contributed by atoms with E-state index in [0.717, 1.165) is 12.8 Å². The van der Waals surface area contributed by atoms with Crippen molar-refractivity contribution in [1.82, 2.24) is 14.7 Å². The fourth-order valence-electron chi connectivity index (χ4n) is 2.09. The maximum atomic E-state index is 12.6. The van der Waals surface area contributed by atoms with E-state index in [1.54, 1.807) is 24.6 Å². The second-order valence-corrected chi connectivity index (χ2v) is 5.84. The van der Waals surface area contributed by atoms with Gasteiger partial charge in [-0.25, -0.2) is 0 Å². The lowest BCUT2D eigenvalue weighted by Crippen LogP contribution is -2.32. The standard InChI is InChI=1S/C13H16N4OS/c1-16-12(14)11(7-15-16)13(18)17(9-4-5-9)8-10-3-2-6-19-10/h2-3,6-7,9H,4-5,8,14H2,1H3. The molecule has 5 nitrogen and oxygen atoms in total. The molecule has 100 valence electrons. The lowest BCUT2D eigenvalue weighted by Gasteiger charge is -2.21. The Labute approximate surface area is 115 Å². The van der Waals surface area contributed by atoms with Gasteiger partial charge in [0.05, 0.1) is 12.7 Å². The van der Waals surface area contributed by atoms with Crippen molar-refractivity contribution in [2.24, 2.45) is 7.05 Å². The zero-order valence-electron chi connectivity index (χ0n) is 10.7. The van der Waals surface area contributed by atoms with Crippen molar-refractivity contribution in [2.75, 3.05) is 5.73 Å². The summed E-state index contributed by atoms with van der Waals surface area (Å²) in [5, 5.41) is 6.07. The third-order valence-corrected chi connectivity index (χ3v) is 4.23. The van der Waals surface area contributed by atoms with Crippen molar-refractivity contribution in [3.8, 4) is 0 Å². The van der Waals surface area contributed by atoms with Crippen LogP contribution in [0.25, 0.3) is 0 Å². The number of carbonyl (C=O) groups excluding carboxylic acids is 1. The lowest BCUT2D eigenvalue weighted by atomic mass is 10.2. The number of amides is 1. The summed E-state index contributed by atoms with van der Waals surface area (Å²) in [7, 11) is 1.74. The second-order valence-electron chi connectivity index (χ2n) is 4.81. The van der Waals surface area contributed by atoms with Crippen LogP contribution in [-0.4, -0.2) is 26.6 Å². The molecule has 0 aliphatic heterocycles. The molecular formula is C13H16N4OS. The van der Waals surface area contributed by atoms with Crippen LogP contribution in [-0.2, 0) is 13.6 Å². The number of hydrogen-bond donors (Lipinski definition) is 1. The Morgan fingerprint density at radius 3 is 2.95 bits per heavy atom. The highest BCUT2D eigenvalue weighted by Gasteiger charge is 2.34. The molecule has 0 bridgehead atoms. The zero-order valence-corrected chi connectivity index (χ0v) is 11.6. The van der Waals surface area contributed by atoms with Crippen LogP contribution < -0.4 is 5.73 Å². The van der Waals surface area contributed by atoms with E-state index in [9.17, 15) is 4.79 Å². The predicted molar refractivity (Wildman–Crippen MR) is 74.8 cm³/mol. The van der Waals surface area contributed by atoms with Gasteiger partial charge in [-0.05, 0) is 24.3 Å². The molecule has 0 atom stereocenters. The van der Waals surface area contributed by atoms with Crippen LogP contribution in [0.2, 0.25) is 0 Å². The average Bonchev–Trinajstić information content (AvgIpc) is 3.01. The van der Waals surface area contributed by atoms with Gasteiger partial charge in [0.25, 0.3) is 5.91 Å². The molecule has 0 radical (unpaired) electrons. The summed E-state index contributed by atoms with van der Waals surface area (Å²) in [4.78, 5) is 15.7. The molecule has 1 saturated carbocycles. The quantitative estimate of drug-likeness (QED) is 0.927. The fourth-order valence-corrected chi connectivity index (χ4v) is 2.79. The SMILES string of the molecule is Cn1ncc(C(=O)N(Cc2cccs2)C2CC2)c1N. The van der Waals surface area contributed by atoms with Crippen LogP contribution in [0, 0.1) is 0 Å². The molecule has 2 N–H and O–H groups in total. The predicted octanol–water partition coefficient (Wildman–Crippen LogP) is 1.87. The van der Waals surface area contributed by atoms with Gasteiger partial charge in [-0.1, -0.05) is 6.07 Å². The number of anilines is 1. The topological polar surface area (TPSA) is 64.2 Å². The molecule has 3 rings (SSSR count). The summed E-state index contributed by atoms with van der Waals surface area (Å²) in [6.45, 7) is 0.662. The van der Waals surface area contributed by atoms with Gasteiger partial charge in [0.15, 0.2) is 0 Å². The highest BCUT2D eigenvalue weighted by Crippen LogP contribution is 2.31. The third kappa shape index (κ3) is 2.35. The maximum absolute atomic E-state index is 12.6. The Hall–Kier alpha value is -1.82. The summed E-state index contributed by atoms with van der Waals surface area (Å²) in [6.07, 6.45) is 3.72. The summed E-state index contributed by atoms with van der Waals surface area (Å²) >= 11 is 1.67. The van der Waals surface area contributed by atoms with Gasteiger partial charge in [-0.15, -0.1) is 11.3 Å². The van der Waals surface area contributed by atoms with E-state index in [0.29, 0.717) is 24.0 Å². The van der Waals surface area contributed by atoms with Gasteiger partial charge in [0.2, 0.25) is 0 Å². The number of aryl methyl sites for hydroxylation is 1. The van der Waals surface area contributed by atoms with E-state index < -0.39 is 0 Å². The highest BCUT2D eigenvalue weighted by atomic mass is 32.1. The Morgan fingerprint density at radius 2 is 2.42 bits per heavy atom. The zero-order chi connectivity index (χ0) is 13.4. The lowest BCUT2D eigenvalue weighted by molar-refractivity contribution is 0.0732. The number of nitrogens with zero attached hydrogens (tertiary/aromatic N) is 3. The first kappa shape index (κ1) is 12.2. The molecule has 2 aromatic rings. The third-order valence-electron chi connectivity index (χ3n) is 3.37. The smallest absolute Gasteiger partial charge is 0.259 e. The molecular weight excluding hydrogens is 260 g/mol. The Kier molecular flexibility index (Phi) is 3.02. The van der Waals surface area contributed by atoms with Gasteiger partial charge in [-0.3, -0.25) is 9.48 Å². The summed E-state index contributed by atoms with van der Waals surface area (Å²) in [6, 6.07) is 4.42. The van der Waals surface area contributed by atoms with E-state index in [4.69, 9.17) is 5.73 Å². The monoisotopic (exact) mass is 276 g/mol. The van der Waals surface area contributed by atoms with Crippen LogP contribution in [0.5, 0.6) is 0 Å². The highest BCUT2D eigenvalue weighted by molar-refractivity contribution is 7.09. The number of carbonyl (C=O) groups is 1. The van der Waals surface area contributed by atoms with E-state index in [-0.39, 0.29) is 5.91 Å². The van der Waals surface area contributed by atoms with Crippen LogP contribution in [0.1, 0.15) is 28.1 Å². The van der Waals surface area contributed by atoms with E-state index in [2.05, 4.69) is 11.2 Å². The van der Waals surface area contributed by atoms with Gasteiger partial charge >= 0.3 is 0 Å². The number of hydrogen-bond acceptors (Lipinski definition) is 4. The molecule has 1 aliphatic carbocycles.